The van der Waals surface area contributed by atoms with Gasteiger partial charge in [-0.1, -0.05) is 19.3 Å². The standard InChI is InChI=1S/C16H27NO6S/c1-12(2)23-16(19)10-9-15(18)22-11-13(3)17-24(20,21)14-7-5-4-6-8-14/h9-10,12-14,17H,4-8,11H2,1-3H3/b10-9+. The van der Waals surface area contributed by atoms with E-state index >= 15 is 0 Å². The monoisotopic (exact) mass is 361 g/mol. The molecule has 0 bridgehead atoms. The summed E-state index contributed by atoms with van der Waals surface area (Å²) in [6, 6.07) is -0.531. The summed E-state index contributed by atoms with van der Waals surface area (Å²) in [7, 11) is -3.40. The molecule has 138 valence electrons. The lowest BCUT2D eigenvalue weighted by molar-refractivity contribution is -0.143. The van der Waals surface area contributed by atoms with E-state index in [1.54, 1.807) is 20.8 Å². The molecular formula is C16H27NO6S. The molecule has 1 fully saturated rings. The van der Waals surface area contributed by atoms with Crippen molar-refractivity contribution >= 4 is 22.0 Å². The first-order valence-electron chi connectivity index (χ1n) is 8.27. The summed E-state index contributed by atoms with van der Waals surface area (Å²) in [5.74, 6) is -1.35. The van der Waals surface area contributed by atoms with Gasteiger partial charge in [0.2, 0.25) is 10.0 Å². The summed E-state index contributed by atoms with van der Waals surface area (Å²) in [5.41, 5.74) is 0. The first kappa shape index (κ1) is 20.6. The molecule has 0 aliphatic heterocycles. The van der Waals surface area contributed by atoms with E-state index in [1.165, 1.54) is 0 Å². The van der Waals surface area contributed by atoms with Crippen LogP contribution < -0.4 is 4.72 Å². The van der Waals surface area contributed by atoms with Crippen molar-refractivity contribution in [3.63, 3.8) is 0 Å². The maximum Gasteiger partial charge on any atom is 0.331 e. The molecule has 0 saturated heterocycles. The first-order valence-corrected chi connectivity index (χ1v) is 9.82. The smallest absolute Gasteiger partial charge is 0.331 e. The number of sulfonamides is 1. The fraction of sp³-hybridized carbons (Fsp3) is 0.750. The molecule has 1 saturated carbocycles. The normalized spacial score (nSPS) is 17.8. The molecule has 24 heavy (non-hydrogen) atoms. The van der Waals surface area contributed by atoms with Crippen molar-refractivity contribution in [1.82, 2.24) is 4.72 Å². The van der Waals surface area contributed by atoms with Gasteiger partial charge in [-0.2, -0.15) is 0 Å². The number of nitrogens with one attached hydrogen (secondary N) is 1. The molecule has 0 radical (unpaired) electrons. The predicted octanol–water partition coefficient (Wildman–Crippen LogP) is 1.68. The molecule has 1 rings (SSSR count). The molecule has 0 aromatic rings. The minimum Gasteiger partial charge on any atom is -0.461 e. The molecule has 1 atom stereocenters. The lowest BCUT2D eigenvalue weighted by atomic mass is 10.0. The van der Waals surface area contributed by atoms with Gasteiger partial charge in [-0.25, -0.2) is 22.7 Å². The topological polar surface area (TPSA) is 98.8 Å². The van der Waals surface area contributed by atoms with Gasteiger partial charge in [0.25, 0.3) is 0 Å². The van der Waals surface area contributed by atoms with Crippen molar-refractivity contribution in [2.24, 2.45) is 0 Å². The number of carbonyl (C=O) groups is 2. The zero-order valence-electron chi connectivity index (χ0n) is 14.5. The van der Waals surface area contributed by atoms with E-state index in [1.807, 2.05) is 0 Å². The third kappa shape index (κ3) is 7.92. The van der Waals surface area contributed by atoms with Crippen molar-refractivity contribution in [3.05, 3.63) is 12.2 Å². The van der Waals surface area contributed by atoms with E-state index in [0.29, 0.717) is 12.8 Å². The van der Waals surface area contributed by atoms with Crippen molar-refractivity contribution in [3.8, 4) is 0 Å². The zero-order valence-corrected chi connectivity index (χ0v) is 15.3. The number of hydrogen-bond acceptors (Lipinski definition) is 6. The van der Waals surface area contributed by atoms with Gasteiger partial charge in [0.05, 0.1) is 17.4 Å². The predicted molar refractivity (Wildman–Crippen MR) is 89.7 cm³/mol. The number of hydrogen-bond donors (Lipinski definition) is 1. The van der Waals surface area contributed by atoms with Gasteiger partial charge in [0.15, 0.2) is 0 Å². The van der Waals surface area contributed by atoms with Crippen molar-refractivity contribution < 1.29 is 27.5 Å². The molecule has 7 nitrogen and oxygen atoms in total. The van der Waals surface area contributed by atoms with Crippen molar-refractivity contribution in [2.75, 3.05) is 6.61 Å². The second kappa shape index (κ2) is 9.78. The largest absolute Gasteiger partial charge is 0.461 e. The third-order valence-corrected chi connectivity index (χ3v) is 5.62. The van der Waals surface area contributed by atoms with Crippen LogP contribution in [-0.4, -0.2) is 44.4 Å². The van der Waals surface area contributed by atoms with E-state index in [9.17, 15) is 18.0 Å². The second-order valence-electron chi connectivity index (χ2n) is 6.27. The van der Waals surface area contributed by atoms with E-state index in [-0.39, 0.29) is 18.0 Å². The van der Waals surface area contributed by atoms with E-state index < -0.39 is 28.0 Å². The maximum absolute atomic E-state index is 12.2. The van der Waals surface area contributed by atoms with Gasteiger partial charge in [0.1, 0.15) is 6.61 Å². The Morgan fingerprint density at radius 2 is 1.67 bits per heavy atom. The van der Waals surface area contributed by atoms with Crippen molar-refractivity contribution in [1.29, 1.82) is 0 Å². The fourth-order valence-electron chi connectivity index (χ4n) is 2.45. The summed E-state index contributed by atoms with van der Waals surface area (Å²) in [6.45, 7) is 4.92. The van der Waals surface area contributed by atoms with E-state index in [4.69, 9.17) is 9.47 Å². The molecule has 0 aromatic carbocycles. The van der Waals surface area contributed by atoms with Gasteiger partial charge in [-0.3, -0.25) is 0 Å². The van der Waals surface area contributed by atoms with Crippen LogP contribution in [-0.2, 0) is 29.1 Å². The van der Waals surface area contributed by atoms with Crippen LogP contribution in [0.1, 0.15) is 52.9 Å². The minimum absolute atomic E-state index is 0.103. The number of rotatable bonds is 8. The van der Waals surface area contributed by atoms with E-state index in [0.717, 1.165) is 31.4 Å². The zero-order chi connectivity index (χ0) is 18.2. The highest BCUT2D eigenvalue weighted by Crippen LogP contribution is 2.23. The van der Waals surface area contributed by atoms with Gasteiger partial charge < -0.3 is 9.47 Å². The minimum atomic E-state index is -3.40. The summed E-state index contributed by atoms with van der Waals surface area (Å²) in [4.78, 5) is 22.8. The van der Waals surface area contributed by atoms with Gasteiger partial charge in [-0.15, -0.1) is 0 Å². The van der Waals surface area contributed by atoms with Crippen LogP contribution in [0.25, 0.3) is 0 Å². The van der Waals surface area contributed by atoms with Crippen molar-refractivity contribution in [2.45, 2.75) is 70.3 Å². The van der Waals surface area contributed by atoms with Crippen LogP contribution in [0.15, 0.2) is 12.2 Å². The van der Waals surface area contributed by atoms with Crippen LogP contribution in [0.3, 0.4) is 0 Å². The summed E-state index contributed by atoms with van der Waals surface area (Å²) >= 11 is 0. The second-order valence-corrected chi connectivity index (χ2v) is 8.27. The highest BCUT2D eigenvalue weighted by molar-refractivity contribution is 7.90. The number of carbonyl (C=O) groups excluding carboxylic acids is 2. The van der Waals surface area contributed by atoms with Crippen LogP contribution in [0, 0.1) is 0 Å². The highest BCUT2D eigenvalue weighted by Gasteiger charge is 2.28. The Hall–Kier alpha value is -1.41. The lowest BCUT2D eigenvalue weighted by Crippen LogP contribution is -2.42. The Labute approximate surface area is 143 Å². The first-order chi connectivity index (χ1) is 11.2. The molecule has 1 aliphatic carbocycles. The molecule has 0 spiro atoms. The van der Waals surface area contributed by atoms with Gasteiger partial charge in [0, 0.05) is 12.2 Å². The number of ether oxygens (including phenoxy) is 2. The Kier molecular flexibility index (Phi) is 8.41. The molecule has 1 N–H and O–H groups in total. The molecule has 0 amide bonds. The summed E-state index contributed by atoms with van der Waals surface area (Å²) in [6.07, 6.45) is 5.94. The summed E-state index contributed by atoms with van der Waals surface area (Å²) < 4.78 is 36.8. The third-order valence-electron chi connectivity index (χ3n) is 3.54. The number of esters is 2. The Balaban J connectivity index is 2.37. The quantitative estimate of drug-likeness (QED) is 0.522. The van der Waals surface area contributed by atoms with Gasteiger partial charge >= 0.3 is 11.9 Å². The molecule has 0 heterocycles. The molecule has 1 unspecified atom stereocenters. The Bertz CT molecular complexity index is 549. The molecule has 0 aromatic heterocycles. The molecule has 8 heteroatoms. The average molecular weight is 361 g/mol. The lowest BCUT2D eigenvalue weighted by Gasteiger charge is -2.24. The summed E-state index contributed by atoms with van der Waals surface area (Å²) in [5, 5.41) is -0.366. The van der Waals surface area contributed by atoms with Crippen LogP contribution in [0.5, 0.6) is 0 Å². The van der Waals surface area contributed by atoms with Crippen LogP contribution >= 0.6 is 0 Å². The Morgan fingerprint density at radius 1 is 1.08 bits per heavy atom. The maximum atomic E-state index is 12.2. The SMILES string of the molecule is CC(COC(=O)/C=C/C(=O)OC(C)C)NS(=O)(=O)C1CCCCC1. The van der Waals surface area contributed by atoms with Gasteiger partial charge in [-0.05, 0) is 33.6 Å². The Morgan fingerprint density at radius 3 is 2.25 bits per heavy atom. The van der Waals surface area contributed by atoms with Crippen LogP contribution in [0.4, 0.5) is 0 Å². The average Bonchev–Trinajstić information content (AvgIpc) is 2.51. The fourth-order valence-corrected chi connectivity index (χ4v) is 4.22. The molecule has 1 aliphatic rings. The van der Waals surface area contributed by atoms with E-state index in [2.05, 4.69) is 4.72 Å². The van der Waals surface area contributed by atoms with Crippen LogP contribution in [0.2, 0.25) is 0 Å². The molecular weight excluding hydrogens is 334 g/mol. The highest BCUT2D eigenvalue weighted by atomic mass is 32.2.